The number of carbonyl (C=O) groups is 1. The van der Waals surface area contributed by atoms with E-state index < -0.39 is 0 Å². The molecule has 0 bridgehead atoms. The number of benzene rings is 1. The summed E-state index contributed by atoms with van der Waals surface area (Å²) in [5, 5.41) is 3.05. The molecule has 0 unspecified atom stereocenters. The van der Waals surface area contributed by atoms with Crippen LogP contribution < -0.4 is 5.56 Å². The van der Waals surface area contributed by atoms with Crippen molar-refractivity contribution in [3.05, 3.63) is 58.7 Å². The van der Waals surface area contributed by atoms with Gasteiger partial charge in [-0.15, -0.1) is 17.9 Å². The van der Waals surface area contributed by atoms with Gasteiger partial charge < -0.3 is 4.74 Å². The highest BCUT2D eigenvalue weighted by atomic mass is 32.2. The van der Waals surface area contributed by atoms with Crippen LogP contribution in [0, 0.1) is 0 Å². The Morgan fingerprint density at radius 3 is 2.85 bits per heavy atom. The van der Waals surface area contributed by atoms with Gasteiger partial charge in [0.15, 0.2) is 5.16 Å². The molecule has 1 aromatic carbocycles. The molecule has 0 fully saturated rings. The molecule has 0 aliphatic heterocycles. The molecule has 0 aliphatic carbocycles. The summed E-state index contributed by atoms with van der Waals surface area (Å²) in [4.78, 5) is 30.1. The van der Waals surface area contributed by atoms with Crippen molar-refractivity contribution < 1.29 is 9.53 Å². The first-order valence-electron chi connectivity index (χ1n) is 8.12. The molecule has 0 saturated heterocycles. The minimum absolute atomic E-state index is 0.111. The smallest absolute Gasteiger partial charge is 0.316 e. The fourth-order valence-electron chi connectivity index (χ4n) is 2.56. The van der Waals surface area contributed by atoms with Crippen molar-refractivity contribution in [3.63, 3.8) is 0 Å². The van der Waals surface area contributed by atoms with Gasteiger partial charge in [-0.1, -0.05) is 48.2 Å². The van der Waals surface area contributed by atoms with E-state index in [-0.39, 0.29) is 17.3 Å². The lowest BCUT2D eigenvalue weighted by Crippen LogP contribution is -2.23. The fraction of sp³-hybridized carbons (Fsp3) is 0.211. The van der Waals surface area contributed by atoms with E-state index in [0.717, 1.165) is 11.1 Å². The molecule has 134 valence electrons. The molecule has 3 rings (SSSR count). The van der Waals surface area contributed by atoms with Crippen molar-refractivity contribution in [1.29, 1.82) is 0 Å². The van der Waals surface area contributed by atoms with E-state index in [1.807, 2.05) is 35.7 Å². The summed E-state index contributed by atoms with van der Waals surface area (Å²) in [6.07, 6.45) is 1.65. The standard InChI is InChI=1S/C19H18N2O3S2/c1-3-10-21-18(23)16-14(13-8-6-5-7-9-13)11-25-17(16)20-19(21)26-12-15(22)24-4-2/h3,5-9,11H,1,4,10,12H2,2H3. The molecule has 2 heterocycles. The number of hydrogen-bond acceptors (Lipinski definition) is 6. The zero-order valence-corrected chi connectivity index (χ0v) is 15.9. The zero-order chi connectivity index (χ0) is 18.5. The second-order valence-corrected chi connectivity index (χ2v) is 7.19. The Morgan fingerprint density at radius 1 is 1.38 bits per heavy atom. The summed E-state index contributed by atoms with van der Waals surface area (Å²) < 4.78 is 6.50. The maximum atomic E-state index is 13.1. The summed E-state index contributed by atoms with van der Waals surface area (Å²) in [7, 11) is 0. The van der Waals surface area contributed by atoms with Crippen molar-refractivity contribution in [3.8, 4) is 11.1 Å². The monoisotopic (exact) mass is 386 g/mol. The van der Waals surface area contributed by atoms with E-state index in [4.69, 9.17) is 4.74 Å². The third-order valence-corrected chi connectivity index (χ3v) is 5.50. The summed E-state index contributed by atoms with van der Waals surface area (Å²) in [5.41, 5.74) is 1.74. The van der Waals surface area contributed by atoms with Gasteiger partial charge in [0.25, 0.3) is 5.56 Å². The quantitative estimate of drug-likeness (QED) is 0.266. The van der Waals surface area contributed by atoms with Crippen LogP contribution in [-0.2, 0) is 16.1 Å². The Balaban J connectivity index is 2.08. The number of nitrogens with zero attached hydrogens (tertiary/aromatic N) is 2. The minimum Gasteiger partial charge on any atom is -0.465 e. The largest absolute Gasteiger partial charge is 0.465 e. The van der Waals surface area contributed by atoms with Gasteiger partial charge >= 0.3 is 5.97 Å². The number of allylic oxidation sites excluding steroid dienone is 1. The number of rotatable bonds is 7. The van der Waals surface area contributed by atoms with Crippen molar-refractivity contribution in [2.45, 2.75) is 18.6 Å². The van der Waals surface area contributed by atoms with Crippen LogP contribution in [0.3, 0.4) is 0 Å². The van der Waals surface area contributed by atoms with Crippen LogP contribution in [0.4, 0.5) is 0 Å². The zero-order valence-electron chi connectivity index (χ0n) is 14.3. The van der Waals surface area contributed by atoms with Gasteiger partial charge in [-0.3, -0.25) is 14.2 Å². The van der Waals surface area contributed by atoms with Crippen LogP contribution >= 0.6 is 23.1 Å². The number of aromatic nitrogens is 2. The number of ether oxygens (including phenoxy) is 1. The lowest BCUT2D eigenvalue weighted by atomic mass is 10.1. The SMILES string of the molecule is C=CCn1c(SCC(=O)OCC)nc2scc(-c3ccccc3)c2c1=O. The topological polar surface area (TPSA) is 61.2 Å². The Morgan fingerprint density at radius 2 is 2.15 bits per heavy atom. The normalized spacial score (nSPS) is 10.8. The molecule has 0 N–H and O–H groups in total. The van der Waals surface area contributed by atoms with E-state index in [9.17, 15) is 9.59 Å². The molecule has 0 amide bonds. The predicted molar refractivity (Wildman–Crippen MR) is 107 cm³/mol. The number of hydrogen-bond donors (Lipinski definition) is 0. The molecule has 2 aromatic heterocycles. The molecule has 0 radical (unpaired) electrons. The number of esters is 1. The average molecular weight is 386 g/mol. The molecule has 3 aromatic rings. The van der Waals surface area contributed by atoms with Crippen LogP contribution in [0.25, 0.3) is 21.3 Å². The number of fused-ring (bicyclic) bond motifs is 1. The van der Waals surface area contributed by atoms with Gasteiger partial charge in [-0.05, 0) is 12.5 Å². The van der Waals surface area contributed by atoms with Crippen LogP contribution in [0.2, 0.25) is 0 Å². The Bertz CT molecular complexity index is 993. The van der Waals surface area contributed by atoms with Gasteiger partial charge in [-0.25, -0.2) is 4.98 Å². The fourth-order valence-corrected chi connectivity index (χ4v) is 4.36. The minimum atomic E-state index is -0.326. The first-order chi connectivity index (χ1) is 12.7. The van der Waals surface area contributed by atoms with Gasteiger partial charge in [-0.2, -0.15) is 0 Å². The highest BCUT2D eigenvalue weighted by Gasteiger charge is 2.17. The van der Waals surface area contributed by atoms with Crippen molar-refractivity contribution in [1.82, 2.24) is 9.55 Å². The lowest BCUT2D eigenvalue weighted by molar-refractivity contribution is -0.139. The van der Waals surface area contributed by atoms with Gasteiger partial charge in [0.1, 0.15) is 4.83 Å². The van der Waals surface area contributed by atoms with Crippen LogP contribution in [-0.4, -0.2) is 27.9 Å². The summed E-state index contributed by atoms with van der Waals surface area (Å²) in [6, 6.07) is 9.77. The highest BCUT2D eigenvalue weighted by molar-refractivity contribution is 7.99. The molecule has 0 aliphatic rings. The molecular weight excluding hydrogens is 368 g/mol. The highest BCUT2D eigenvalue weighted by Crippen LogP contribution is 2.32. The second-order valence-electron chi connectivity index (χ2n) is 5.39. The Kier molecular flexibility index (Phi) is 5.90. The van der Waals surface area contributed by atoms with Crippen molar-refractivity contribution in [2.24, 2.45) is 0 Å². The van der Waals surface area contributed by atoms with Crippen molar-refractivity contribution >= 4 is 39.3 Å². The number of thiophene rings is 1. The van der Waals surface area contributed by atoms with E-state index in [2.05, 4.69) is 11.6 Å². The second kappa shape index (κ2) is 8.33. The molecule has 26 heavy (non-hydrogen) atoms. The van der Waals surface area contributed by atoms with Crippen LogP contribution in [0.5, 0.6) is 0 Å². The third kappa shape index (κ3) is 3.73. The summed E-state index contributed by atoms with van der Waals surface area (Å²) in [5.74, 6) is -0.215. The number of carbonyl (C=O) groups excluding carboxylic acids is 1. The average Bonchev–Trinajstić information content (AvgIpc) is 3.08. The van der Waals surface area contributed by atoms with Crippen molar-refractivity contribution in [2.75, 3.05) is 12.4 Å². The lowest BCUT2D eigenvalue weighted by Gasteiger charge is -2.10. The molecule has 5 nitrogen and oxygen atoms in total. The van der Waals surface area contributed by atoms with Crippen LogP contribution in [0.15, 0.2) is 58.3 Å². The molecule has 7 heteroatoms. The number of thioether (sulfide) groups is 1. The molecule has 0 saturated carbocycles. The van der Waals surface area contributed by atoms with Gasteiger partial charge in [0, 0.05) is 17.5 Å². The van der Waals surface area contributed by atoms with E-state index in [1.165, 1.54) is 23.1 Å². The summed E-state index contributed by atoms with van der Waals surface area (Å²) >= 11 is 2.63. The first kappa shape index (κ1) is 18.4. The van der Waals surface area contributed by atoms with E-state index >= 15 is 0 Å². The molecule has 0 spiro atoms. The predicted octanol–water partition coefficient (Wildman–Crippen LogP) is 3.97. The van der Waals surface area contributed by atoms with Gasteiger partial charge in [0.05, 0.1) is 17.7 Å². The first-order valence-corrected chi connectivity index (χ1v) is 9.99. The Labute approximate surface area is 159 Å². The van der Waals surface area contributed by atoms with Gasteiger partial charge in [0.2, 0.25) is 0 Å². The van der Waals surface area contributed by atoms with E-state index in [1.54, 1.807) is 17.6 Å². The summed E-state index contributed by atoms with van der Waals surface area (Å²) in [6.45, 7) is 6.15. The van der Waals surface area contributed by atoms with Crippen LogP contribution in [0.1, 0.15) is 6.92 Å². The molecular formula is C19H18N2O3S2. The third-order valence-electron chi connectivity index (χ3n) is 3.68. The molecule has 0 atom stereocenters. The van der Waals surface area contributed by atoms with E-state index in [0.29, 0.717) is 28.5 Å². The maximum absolute atomic E-state index is 13.1. The Hall–Kier alpha value is -2.38. The maximum Gasteiger partial charge on any atom is 0.316 e.